The molecule has 1 aromatic carbocycles. The number of rotatable bonds is 8. The highest BCUT2D eigenvalue weighted by molar-refractivity contribution is 14.0. The van der Waals surface area contributed by atoms with Gasteiger partial charge < -0.3 is 25.0 Å². The van der Waals surface area contributed by atoms with Crippen molar-refractivity contribution in [3.63, 3.8) is 0 Å². The Labute approximate surface area is 219 Å². The van der Waals surface area contributed by atoms with Crippen LogP contribution >= 0.6 is 24.0 Å². The zero-order valence-electron chi connectivity index (χ0n) is 20.5. The van der Waals surface area contributed by atoms with Gasteiger partial charge in [-0.3, -0.25) is 0 Å². The number of likely N-dealkylation sites (N-methyl/N-ethyl adjacent to an activating group) is 1. The van der Waals surface area contributed by atoms with E-state index in [1.807, 2.05) is 12.3 Å². The number of nitrogens with zero attached hydrogens (tertiary/aromatic N) is 6. The van der Waals surface area contributed by atoms with Gasteiger partial charge in [-0.1, -0.05) is 18.2 Å². The quantitative estimate of drug-likeness (QED) is 0.186. The molecule has 0 atom stereocenters. The van der Waals surface area contributed by atoms with Gasteiger partial charge in [0.15, 0.2) is 5.96 Å². The number of pyridine rings is 1. The van der Waals surface area contributed by atoms with Crippen LogP contribution in [0.5, 0.6) is 0 Å². The number of hydrogen-bond donors (Lipinski definition) is 2. The number of halogens is 1. The number of guanidine groups is 1. The highest BCUT2D eigenvalue weighted by Gasteiger charge is 2.15. The Morgan fingerprint density at radius 1 is 1.06 bits per heavy atom. The average molecular weight is 577 g/mol. The summed E-state index contributed by atoms with van der Waals surface area (Å²) in [6.45, 7) is 11.6. The molecule has 0 unspecified atom stereocenters. The first-order chi connectivity index (χ1) is 16.1. The van der Waals surface area contributed by atoms with Crippen LogP contribution < -0.4 is 15.5 Å². The van der Waals surface area contributed by atoms with Gasteiger partial charge in [-0.2, -0.15) is 0 Å². The highest BCUT2D eigenvalue weighted by atomic mass is 127. The van der Waals surface area contributed by atoms with E-state index in [1.54, 1.807) is 0 Å². The SMILES string of the molecule is CCNC(=NCc1ccc(N2CCN(C)CC2)nc1)NCCCn1c(C)nc2ccccc21.I. The second-order valence-corrected chi connectivity index (χ2v) is 8.59. The minimum Gasteiger partial charge on any atom is -0.357 e. The van der Waals surface area contributed by atoms with E-state index in [9.17, 15) is 0 Å². The fraction of sp³-hybridized carbons (Fsp3) is 0.480. The molecule has 1 aliphatic rings. The van der Waals surface area contributed by atoms with Crippen LogP contribution in [0.4, 0.5) is 5.82 Å². The fourth-order valence-electron chi connectivity index (χ4n) is 4.17. The molecule has 0 amide bonds. The predicted molar refractivity (Wildman–Crippen MR) is 151 cm³/mol. The summed E-state index contributed by atoms with van der Waals surface area (Å²) in [5.74, 6) is 2.96. The van der Waals surface area contributed by atoms with Crippen molar-refractivity contribution >= 4 is 46.8 Å². The lowest BCUT2D eigenvalue weighted by Crippen LogP contribution is -2.44. The number of nitrogens with one attached hydrogen (secondary N) is 2. The van der Waals surface area contributed by atoms with Crippen LogP contribution in [0.3, 0.4) is 0 Å². The Hall–Kier alpha value is -2.40. The van der Waals surface area contributed by atoms with Gasteiger partial charge in [-0.05, 0) is 51.1 Å². The molecule has 0 radical (unpaired) electrons. The third kappa shape index (κ3) is 6.82. The van der Waals surface area contributed by atoms with E-state index >= 15 is 0 Å². The third-order valence-electron chi connectivity index (χ3n) is 6.10. The number of anilines is 1. The van der Waals surface area contributed by atoms with Crippen molar-refractivity contribution in [3.05, 3.63) is 54.0 Å². The largest absolute Gasteiger partial charge is 0.357 e. The lowest BCUT2D eigenvalue weighted by Gasteiger charge is -2.33. The number of para-hydroxylation sites is 2. The van der Waals surface area contributed by atoms with Gasteiger partial charge in [0.1, 0.15) is 11.6 Å². The first-order valence-electron chi connectivity index (χ1n) is 12.0. The van der Waals surface area contributed by atoms with Crippen molar-refractivity contribution in [3.8, 4) is 0 Å². The van der Waals surface area contributed by atoms with Gasteiger partial charge in [-0.15, -0.1) is 24.0 Å². The summed E-state index contributed by atoms with van der Waals surface area (Å²) in [6.07, 6.45) is 2.94. The zero-order chi connectivity index (χ0) is 23.0. The molecule has 0 spiro atoms. The van der Waals surface area contributed by atoms with E-state index in [-0.39, 0.29) is 24.0 Å². The van der Waals surface area contributed by atoms with Gasteiger partial charge in [0.2, 0.25) is 0 Å². The first-order valence-corrected chi connectivity index (χ1v) is 12.0. The van der Waals surface area contributed by atoms with Gasteiger partial charge in [0, 0.05) is 52.0 Å². The molecule has 1 aliphatic heterocycles. The molecular weight excluding hydrogens is 539 g/mol. The highest BCUT2D eigenvalue weighted by Crippen LogP contribution is 2.16. The summed E-state index contributed by atoms with van der Waals surface area (Å²) < 4.78 is 2.29. The number of aliphatic imine (C=N–C) groups is 1. The predicted octanol–water partition coefficient (Wildman–Crippen LogP) is 3.25. The van der Waals surface area contributed by atoms with Crippen molar-refractivity contribution in [2.75, 3.05) is 51.2 Å². The van der Waals surface area contributed by atoms with Crippen LogP contribution in [0, 0.1) is 6.92 Å². The molecule has 34 heavy (non-hydrogen) atoms. The fourth-order valence-corrected chi connectivity index (χ4v) is 4.17. The van der Waals surface area contributed by atoms with Crippen LogP contribution in [0.15, 0.2) is 47.6 Å². The number of aromatic nitrogens is 3. The number of imidazole rings is 1. The molecule has 3 aromatic rings. The summed E-state index contributed by atoms with van der Waals surface area (Å²) in [7, 11) is 2.17. The van der Waals surface area contributed by atoms with E-state index < -0.39 is 0 Å². The maximum atomic E-state index is 4.75. The van der Waals surface area contributed by atoms with Crippen molar-refractivity contribution in [2.24, 2.45) is 4.99 Å². The van der Waals surface area contributed by atoms with Crippen LogP contribution in [0.1, 0.15) is 24.7 Å². The number of aryl methyl sites for hydroxylation is 2. The Balaban J connectivity index is 0.00000324. The molecular formula is C25H37IN8. The van der Waals surface area contributed by atoms with Gasteiger partial charge >= 0.3 is 0 Å². The van der Waals surface area contributed by atoms with Gasteiger partial charge in [-0.25, -0.2) is 15.0 Å². The molecule has 184 valence electrons. The maximum Gasteiger partial charge on any atom is 0.191 e. The molecule has 2 N–H and O–H groups in total. The molecule has 1 fully saturated rings. The lowest BCUT2D eigenvalue weighted by atomic mass is 10.2. The summed E-state index contributed by atoms with van der Waals surface area (Å²) in [6, 6.07) is 12.6. The number of hydrogen-bond acceptors (Lipinski definition) is 5. The zero-order valence-corrected chi connectivity index (χ0v) is 22.8. The minimum atomic E-state index is 0. The Morgan fingerprint density at radius 3 is 2.59 bits per heavy atom. The summed E-state index contributed by atoms with van der Waals surface area (Å²) in [5, 5.41) is 6.80. The summed E-state index contributed by atoms with van der Waals surface area (Å²) in [5.41, 5.74) is 3.37. The summed E-state index contributed by atoms with van der Waals surface area (Å²) >= 11 is 0. The Morgan fingerprint density at radius 2 is 1.85 bits per heavy atom. The van der Waals surface area contributed by atoms with Crippen molar-refractivity contribution in [1.29, 1.82) is 0 Å². The molecule has 0 aliphatic carbocycles. The van der Waals surface area contributed by atoms with Crippen LogP contribution in [-0.2, 0) is 13.1 Å². The molecule has 0 saturated carbocycles. The minimum absolute atomic E-state index is 0. The Bertz CT molecular complexity index is 1050. The summed E-state index contributed by atoms with van der Waals surface area (Å²) in [4.78, 5) is 18.8. The van der Waals surface area contributed by atoms with Crippen molar-refractivity contribution in [1.82, 2.24) is 30.1 Å². The van der Waals surface area contributed by atoms with Crippen LogP contribution in [0.2, 0.25) is 0 Å². The van der Waals surface area contributed by atoms with E-state index in [2.05, 4.69) is 86.2 Å². The topological polar surface area (TPSA) is 73.6 Å². The molecule has 0 bridgehead atoms. The molecule has 9 heteroatoms. The van der Waals surface area contributed by atoms with Gasteiger partial charge in [0.25, 0.3) is 0 Å². The number of piperazine rings is 1. The maximum absolute atomic E-state index is 4.75. The van der Waals surface area contributed by atoms with E-state index in [0.29, 0.717) is 6.54 Å². The van der Waals surface area contributed by atoms with Gasteiger partial charge in [0.05, 0.1) is 17.6 Å². The van der Waals surface area contributed by atoms with Crippen molar-refractivity contribution in [2.45, 2.75) is 33.4 Å². The number of fused-ring (bicyclic) bond motifs is 1. The molecule has 2 aromatic heterocycles. The normalized spacial score (nSPS) is 14.8. The smallest absolute Gasteiger partial charge is 0.191 e. The molecule has 3 heterocycles. The van der Waals surface area contributed by atoms with E-state index in [0.717, 1.165) is 80.9 Å². The second-order valence-electron chi connectivity index (χ2n) is 8.59. The monoisotopic (exact) mass is 576 g/mol. The van der Waals surface area contributed by atoms with Crippen LogP contribution in [0.25, 0.3) is 11.0 Å². The molecule has 1 saturated heterocycles. The first kappa shape index (κ1) is 26.2. The van der Waals surface area contributed by atoms with Crippen LogP contribution in [-0.4, -0.2) is 71.7 Å². The third-order valence-corrected chi connectivity index (χ3v) is 6.10. The number of benzene rings is 1. The Kier molecular flexibility index (Phi) is 9.94. The van der Waals surface area contributed by atoms with Crippen molar-refractivity contribution < 1.29 is 0 Å². The molecule has 4 rings (SSSR count). The average Bonchev–Trinajstić information content (AvgIpc) is 3.16. The molecule has 8 nitrogen and oxygen atoms in total. The lowest BCUT2D eigenvalue weighted by molar-refractivity contribution is 0.312. The standard InChI is InChI=1S/C25H36N8.HI/c1-4-26-25(27-12-7-13-33-20(2)30-22-8-5-6-9-23(22)33)29-19-21-10-11-24(28-18-21)32-16-14-31(3)15-17-32;/h5-6,8-11,18H,4,7,12-17,19H2,1-3H3,(H2,26,27,29);1H. The van der Waals surface area contributed by atoms with E-state index in [1.165, 1.54) is 5.52 Å². The second kappa shape index (κ2) is 12.9. The van der Waals surface area contributed by atoms with E-state index in [4.69, 9.17) is 4.99 Å².